The van der Waals surface area contributed by atoms with Crippen LogP contribution in [0.5, 0.6) is 5.75 Å². The van der Waals surface area contributed by atoms with Crippen molar-refractivity contribution in [2.24, 2.45) is 4.99 Å². The SMILES string of the molecule is CN=C(NCCC(=O)OC(C)C)NCCC(C)c1ccc(OC)cc1.I. The van der Waals surface area contributed by atoms with Gasteiger partial charge in [-0.25, -0.2) is 0 Å². The Labute approximate surface area is 174 Å². The van der Waals surface area contributed by atoms with Crippen molar-refractivity contribution < 1.29 is 14.3 Å². The number of hydrogen-bond donors (Lipinski definition) is 2. The molecule has 6 nitrogen and oxygen atoms in total. The van der Waals surface area contributed by atoms with Crippen LogP contribution in [0, 0.1) is 0 Å². The molecule has 0 bridgehead atoms. The lowest BCUT2D eigenvalue weighted by molar-refractivity contribution is -0.147. The number of carbonyl (C=O) groups is 1. The summed E-state index contributed by atoms with van der Waals surface area (Å²) < 4.78 is 10.3. The van der Waals surface area contributed by atoms with Gasteiger partial charge < -0.3 is 20.1 Å². The molecule has 0 heterocycles. The zero-order valence-corrected chi connectivity index (χ0v) is 18.7. The first kappa shape index (κ1) is 24.5. The predicted molar refractivity (Wildman–Crippen MR) is 117 cm³/mol. The van der Waals surface area contributed by atoms with Crippen LogP contribution in [0.2, 0.25) is 0 Å². The summed E-state index contributed by atoms with van der Waals surface area (Å²) in [5.74, 6) is 1.79. The molecule has 0 radical (unpaired) electrons. The largest absolute Gasteiger partial charge is 0.497 e. The van der Waals surface area contributed by atoms with Gasteiger partial charge in [0.15, 0.2) is 5.96 Å². The Kier molecular flexibility index (Phi) is 12.9. The fourth-order valence-electron chi connectivity index (χ4n) is 2.33. The summed E-state index contributed by atoms with van der Waals surface area (Å²) in [6.45, 7) is 7.18. The van der Waals surface area contributed by atoms with E-state index in [9.17, 15) is 4.79 Å². The van der Waals surface area contributed by atoms with Crippen LogP contribution in [-0.2, 0) is 9.53 Å². The number of esters is 1. The van der Waals surface area contributed by atoms with E-state index < -0.39 is 0 Å². The molecule has 0 aliphatic rings. The molecule has 0 aliphatic carbocycles. The third-order valence-corrected chi connectivity index (χ3v) is 3.77. The maximum atomic E-state index is 11.5. The van der Waals surface area contributed by atoms with Gasteiger partial charge in [0.05, 0.1) is 19.6 Å². The number of rotatable bonds is 9. The fourth-order valence-corrected chi connectivity index (χ4v) is 2.33. The highest BCUT2D eigenvalue weighted by atomic mass is 127. The number of aliphatic imine (C=N–C) groups is 1. The number of nitrogens with zero attached hydrogens (tertiary/aromatic N) is 1. The normalized spacial score (nSPS) is 12.2. The number of methoxy groups -OCH3 is 1. The average Bonchev–Trinajstić information content (AvgIpc) is 2.59. The zero-order valence-electron chi connectivity index (χ0n) is 16.4. The van der Waals surface area contributed by atoms with Gasteiger partial charge in [-0.2, -0.15) is 0 Å². The number of benzene rings is 1. The average molecular weight is 477 g/mol. The summed E-state index contributed by atoms with van der Waals surface area (Å²) in [5, 5.41) is 6.39. The molecule has 1 atom stereocenters. The molecule has 2 N–H and O–H groups in total. The maximum absolute atomic E-state index is 11.5. The molecule has 0 fully saturated rings. The molecule has 0 aliphatic heterocycles. The Bertz CT molecular complexity index is 547. The molecule has 1 aromatic rings. The maximum Gasteiger partial charge on any atom is 0.307 e. The zero-order chi connectivity index (χ0) is 18.7. The van der Waals surface area contributed by atoms with Gasteiger partial charge in [-0.15, -0.1) is 24.0 Å². The monoisotopic (exact) mass is 477 g/mol. The molecule has 0 spiro atoms. The van der Waals surface area contributed by atoms with E-state index in [1.165, 1.54) is 5.56 Å². The minimum atomic E-state index is -0.203. The summed E-state index contributed by atoms with van der Waals surface area (Å²) in [6, 6.07) is 8.15. The number of nitrogens with one attached hydrogen (secondary N) is 2. The standard InChI is InChI=1S/C19H31N3O3.HI/c1-14(2)25-18(23)11-13-22-19(20-4)21-12-10-15(3)16-6-8-17(24-5)9-7-16;/h6-9,14-15H,10-13H2,1-5H3,(H2,20,21,22);1H. The van der Waals surface area contributed by atoms with E-state index in [2.05, 4.69) is 34.7 Å². The first-order chi connectivity index (χ1) is 12.0. The minimum Gasteiger partial charge on any atom is -0.497 e. The number of halogens is 1. The highest BCUT2D eigenvalue weighted by molar-refractivity contribution is 14.0. The lowest BCUT2D eigenvalue weighted by atomic mass is 9.98. The van der Waals surface area contributed by atoms with Gasteiger partial charge in [0.2, 0.25) is 0 Å². The molecule has 0 saturated heterocycles. The Morgan fingerprint density at radius 1 is 1.12 bits per heavy atom. The van der Waals surface area contributed by atoms with Crippen molar-refractivity contribution in [3.8, 4) is 5.75 Å². The third-order valence-electron chi connectivity index (χ3n) is 3.77. The summed E-state index contributed by atoms with van der Waals surface area (Å²) in [7, 11) is 3.39. The lowest BCUT2D eigenvalue weighted by Crippen LogP contribution is -2.39. The van der Waals surface area contributed by atoms with Gasteiger partial charge in [0.25, 0.3) is 0 Å². The Hall–Kier alpha value is -1.51. The molecule has 26 heavy (non-hydrogen) atoms. The van der Waals surface area contributed by atoms with Crippen LogP contribution in [-0.4, -0.2) is 45.3 Å². The van der Waals surface area contributed by atoms with Crippen LogP contribution < -0.4 is 15.4 Å². The Morgan fingerprint density at radius 2 is 1.73 bits per heavy atom. The van der Waals surface area contributed by atoms with Crippen molar-refractivity contribution in [1.29, 1.82) is 0 Å². The van der Waals surface area contributed by atoms with Gasteiger partial charge in [-0.1, -0.05) is 19.1 Å². The quantitative estimate of drug-likeness (QED) is 0.247. The molecule has 1 rings (SSSR count). The van der Waals surface area contributed by atoms with E-state index in [1.54, 1.807) is 14.2 Å². The highest BCUT2D eigenvalue weighted by Gasteiger charge is 2.08. The van der Waals surface area contributed by atoms with E-state index >= 15 is 0 Å². The van der Waals surface area contributed by atoms with Crippen molar-refractivity contribution in [3.05, 3.63) is 29.8 Å². The molecular formula is C19H32IN3O3. The molecule has 0 saturated carbocycles. The van der Waals surface area contributed by atoms with Gasteiger partial charge in [-0.3, -0.25) is 9.79 Å². The fraction of sp³-hybridized carbons (Fsp3) is 0.579. The Morgan fingerprint density at radius 3 is 2.27 bits per heavy atom. The van der Waals surface area contributed by atoms with Crippen LogP contribution in [0.15, 0.2) is 29.3 Å². The number of hydrogen-bond acceptors (Lipinski definition) is 4. The number of guanidine groups is 1. The van der Waals surface area contributed by atoms with E-state index in [1.807, 2.05) is 26.0 Å². The van der Waals surface area contributed by atoms with Gasteiger partial charge in [0.1, 0.15) is 5.75 Å². The smallest absolute Gasteiger partial charge is 0.307 e. The van der Waals surface area contributed by atoms with Crippen molar-refractivity contribution in [3.63, 3.8) is 0 Å². The minimum absolute atomic E-state index is 0. The van der Waals surface area contributed by atoms with Crippen molar-refractivity contribution in [2.75, 3.05) is 27.2 Å². The molecule has 0 amide bonds. The molecule has 0 aromatic heterocycles. The van der Waals surface area contributed by atoms with Crippen LogP contribution in [0.3, 0.4) is 0 Å². The first-order valence-electron chi connectivity index (χ1n) is 8.74. The predicted octanol–water partition coefficient (Wildman–Crippen LogP) is 3.31. The number of carbonyl (C=O) groups excluding carboxylic acids is 1. The van der Waals surface area contributed by atoms with Crippen molar-refractivity contribution in [2.45, 2.75) is 45.6 Å². The van der Waals surface area contributed by atoms with Gasteiger partial charge in [0, 0.05) is 20.1 Å². The van der Waals surface area contributed by atoms with Crippen LogP contribution in [0.4, 0.5) is 0 Å². The van der Waals surface area contributed by atoms with E-state index in [0.29, 0.717) is 24.8 Å². The molecule has 1 aromatic carbocycles. The highest BCUT2D eigenvalue weighted by Crippen LogP contribution is 2.21. The van der Waals surface area contributed by atoms with Crippen LogP contribution in [0.25, 0.3) is 0 Å². The molecule has 1 unspecified atom stereocenters. The molecule has 7 heteroatoms. The van der Waals surface area contributed by atoms with Crippen molar-refractivity contribution >= 4 is 35.9 Å². The first-order valence-corrected chi connectivity index (χ1v) is 8.74. The lowest BCUT2D eigenvalue weighted by Gasteiger charge is -2.15. The van der Waals surface area contributed by atoms with Crippen LogP contribution in [0.1, 0.15) is 45.1 Å². The second-order valence-electron chi connectivity index (χ2n) is 6.18. The van der Waals surface area contributed by atoms with E-state index in [0.717, 1.165) is 18.7 Å². The van der Waals surface area contributed by atoms with Gasteiger partial charge in [-0.05, 0) is 43.9 Å². The summed E-state index contributed by atoms with van der Waals surface area (Å²) in [4.78, 5) is 15.7. The van der Waals surface area contributed by atoms with E-state index in [-0.39, 0.29) is 36.0 Å². The second kappa shape index (κ2) is 13.7. The van der Waals surface area contributed by atoms with Crippen molar-refractivity contribution in [1.82, 2.24) is 10.6 Å². The molecular weight excluding hydrogens is 445 g/mol. The number of ether oxygens (including phenoxy) is 2. The van der Waals surface area contributed by atoms with E-state index in [4.69, 9.17) is 9.47 Å². The summed E-state index contributed by atoms with van der Waals surface area (Å²) in [6.07, 6.45) is 1.22. The second-order valence-corrected chi connectivity index (χ2v) is 6.18. The van der Waals surface area contributed by atoms with Gasteiger partial charge >= 0.3 is 5.97 Å². The Balaban J connectivity index is 0.00000625. The summed E-state index contributed by atoms with van der Waals surface area (Å²) >= 11 is 0. The summed E-state index contributed by atoms with van der Waals surface area (Å²) in [5.41, 5.74) is 1.28. The van der Waals surface area contributed by atoms with Crippen LogP contribution >= 0.6 is 24.0 Å². The third kappa shape index (κ3) is 9.84. The molecule has 148 valence electrons. The topological polar surface area (TPSA) is 72.0 Å².